The van der Waals surface area contributed by atoms with Gasteiger partial charge in [-0.1, -0.05) is 30.3 Å². The van der Waals surface area contributed by atoms with Crippen molar-refractivity contribution in [3.63, 3.8) is 0 Å². The molecule has 0 atom stereocenters. The van der Waals surface area contributed by atoms with E-state index in [1.165, 1.54) is 0 Å². The van der Waals surface area contributed by atoms with E-state index in [0.717, 1.165) is 5.56 Å². The van der Waals surface area contributed by atoms with Crippen LogP contribution in [0.1, 0.15) is 5.56 Å². The summed E-state index contributed by atoms with van der Waals surface area (Å²) in [6.45, 7) is 0.561. The van der Waals surface area contributed by atoms with Crippen LogP contribution in [-0.2, 0) is 11.4 Å². The maximum Gasteiger partial charge on any atom is 0.262 e. The fraction of sp³-hybridized carbons (Fsp3) is 0.133. The number of ether oxygens (including phenoxy) is 2. The van der Waals surface area contributed by atoms with Gasteiger partial charge in [0.05, 0.1) is 5.69 Å². The summed E-state index contributed by atoms with van der Waals surface area (Å²) < 4.78 is 11.0. The average Bonchev–Trinajstić information content (AvgIpc) is 2.46. The predicted octanol–water partition coefficient (Wildman–Crippen LogP) is 2.60. The number of benzene rings is 2. The zero-order valence-electron chi connectivity index (χ0n) is 10.3. The Balaban J connectivity index is 1.72. The zero-order chi connectivity index (χ0) is 13.1. The fourth-order valence-corrected chi connectivity index (χ4v) is 1.89. The van der Waals surface area contributed by atoms with Crippen molar-refractivity contribution in [2.24, 2.45) is 0 Å². The van der Waals surface area contributed by atoms with Crippen LogP contribution in [0.25, 0.3) is 0 Å². The lowest BCUT2D eigenvalue weighted by molar-refractivity contribution is -0.118. The lowest BCUT2D eigenvalue weighted by Gasteiger charge is -2.18. The molecule has 1 amide bonds. The number of carbonyl (C=O) groups excluding carboxylic acids is 1. The summed E-state index contributed by atoms with van der Waals surface area (Å²) >= 11 is 0. The molecule has 1 heterocycles. The standard InChI is InChI=1S/C15H13NO3/c17-15-10-19-14-7-6-12(8-13(14)16-15)18-9-11-4-2-1-3-5-11/h1-8H,9-10H2,(H,16,17). The molecule has 0 aliphatic carbocycles. The molecule has 4 nitrogen and oxygen atoms in total. The third-order valence-corrected chi connectivity index (χ3v) is 2.83. The van der Waals surface area contributed by atoms with Gasteiger partial charge in [0.15, 0.2) is 6.61 Å². The van der Waals surface area contributed by atoms with Gasteiger partial charge >= 0.3 is 0 Å². The Labute approximate surface area is 111 Å². The van der Waals surface area contributed by atoms with Crippen molar-refractivity contribution in [3.05, 3.63) is 54.1 Å². The van der Waals surface area contributed by atoms with Crippen molar-refractivity contribution < 1.29 is 14.3 Å². The second-order valence-electron chi connectivity index (χ2n) is 4.27. The SMILES string of the molecule is O=C1COc2ccc(OCc3ccccc3)cc2N1. The van der Waals surface area contributed by atoms with Gasteiger partial charge in [-0.3, -0.25) is 4.79 Å². The normalized spacial score (nSPS) is 13.2. The van der Waals surface area contributed by atoms with Crippen LogP contribution in [0.5, 0.6) is 11.5 Å². The molecule has 0 saturated carbocycles. The Bertz CT molecular complexity index is 596. The molecule has 19 heavy (non-hydrogen) atoms. The zero-order valence-corrected chi connectivity index (χ0v) is 10.3. The van der Waals surface area contributed by atoms with Gasteiger partial charge in [0.1, 0.15) is 18.1 Å². The third-order valence-electron chi connectivity index (χ3n) is 2.83. The summed E-state index contributed by atoms with van der Waals surface area (Å²) in [6, 6.07) is 15.3. The monoisotopic (exact) mass is 255 g/mol. The van der Waals surface area contributed by atoms with Crippen LogP contribution in [0.3, 0.4) is 0 Å². The molecule has 0 radical (unpaired) electrons. The summed E-state index contributed by atoms with van der Waals surface area (Å²) in [4.78, 5) is 11.2. The number of hydrogen-bond donors (Lipinski definition) is 1. The molecule has 0 spiro atoms. The first-order valence-corrected chi connectivity index (χ1v) is 6.05. The van der Waals surface area contributed by atoms with Gasteiger partial charge in [0.2, 0.25) is 0 Å². The van der Waals surface area contributed by atoms with E-state index in [4.69, 9.17) is 9.47 Å². The summed E-state index contributed by atoms with van der Waals surface area (Å²) in [5.74, 6) is 1.23. The Kier molecular flexibility index (Phi) is 3.06. The van der Waals surface area contributed by atoms with Gasteiger partial charge in [0.25, 0.3) is 5.91 Å². The number of rotatable bonds is 3. The minimum absolute atomic E-state index is 0.0667. The molecule has 1 aliphatic rings. The van der Waals surface area contributed by atoms with Crippen molar-refractivity contribution in [1.29, 1.82) is 0 Å². The van der Waals surface area contributed by atoms with Gasteiger partial charge < -0.3 is 14.8 Å². The van der Waals surface area contributed by atoms with Gasteiger partial charge in [-0.25, -0.2) is 0 Å². The number of fused-ring (bicyclic) bond motifs is 1. The molecular formula is C15H13NO3. The molecule has 0 unspecified atom stereocenters. The van der Waals surface area contributed by atoms with E-state index < -0.39 is 0 Å². The number of nitrogens with one attached hydrogen (secondary N) is 1. The van der Waals surface area contributed by atoms with Crippen LogP contribution in [0.2, 0.25) is 0 Å². The van der Waals surface area contributed by atoms with Gasteiger partial charge in [0, 0.05) is 6.07 Å². The highest BCUT2D eigenvalue weighted by Crippen LogP contribution is 2.31. The summed E-state index contributed by atoms with van der Waals surface area (Å²) in [6.07, 6.45) is 0. The van der Waals surface area contributed by atoms with Crippen molar-refractivity contribution in [2.75, 3.05) is 11.9 Å². The Morgan fingerprint density at radius 2 is 2.00 bits per heavy atom. The Morgan fingerprint density at radius 3 is 2.84 bits per heavy atom. The van der Waals surface area contributed by atoms with Crippen LogP contribution in [-0.4, -0.2) is 12.5 Å². The molecular weight excluding hydrogens is 242 g/mol. The molecule has 1 aliphatic heterocycles. The molecule has 2 aromatic rings. The highest BCUT2D eigenvalue weighted by Gasteiger charge is 2.16. The van der Waals surface area contributed by atoms with Crippen molar-refractivity contribution in [2.45, 2.75) is 6.61 Å². The maximum atomic E-state index is 11.2. The van der Waals surface area contributed by atoms with Gasteiger partial charge in [-0.2, -0.15) is 0 Å². The van der Waals surface area contributed by atoms with E-state index >= 15 is 0 Å². The molecule has 4 heteroatoms. The minimum Gasteiger partial charge on any atom is -0.489 e. The van der Waals surface area contributed by atoms with Gasteiger partial charge in [-0.15, -0.1) is 0 Å². The molecule has 2 aromatic carbocycles. The van der Waals surface area contributed by atoms with Crippen LogP contribution in [0, 0.1) is 0 Å². The lowest BCUT2D eigenvalue weighted by atomic mass is 10.2. The van der Waals surface area contributed by atoms with E-state index in [9.17, 15) is 4.79 Å². The van der Waals surface area contributed by atoms with Crippen molar-refractivity contribution in [3.8, 4) is 11.5 Å². The van der Waals surface area contributed by atoms with Crippen LogP contribution in [0.4, 0.5) is 5.69 Å². The highest BCUT2D eigenvalue weighted by molar-refractivity contribution is 5.95. The van der Waals surface area contributed by atoms with E-state index in [-0.39, 0.29) is 12.5 Å². The smallest absolute Gasteiger partial charge is 0.262 e. The molecule has 3 rings (SSSR count). The molecule has 0 saturated heterocycles. The molecule has 0 fully saturated rings. The van der Waals surface area contributed by atoms with E-state index in [0.29, 0.717) is 23.8 Å². The van der Waals surface area contributed by atoms with Gasteiger partial charge in [-0.05, 0) is 17.7 Å². The third kappa shape index (κ3) is 2.68. The number of hydrogen-bond acceptors (Lipinski definition) is 3. The largest absolute Gasteiger partial charge is 0.489 e. The molecule has 96 valence electrons. The van der Waals surface area contributed by atoms with E-state index in [1.54, 1.807) is 12.1 Å². The number of amides is 1. The second kappa shape index (κ2) is 5.02. The summed E-state index contributed by atoms with van der Waals surface area (Å²) in [7, 11) is 0. The van der Waals surface area contributed by atoms with Crippen molar-refractivity contribution >= 4 is 11.6 Å². The molecule has 0 bridgehead atoms. The summed E-state index contributed by atoms with van der Waals surface area (Å²) in [5.41, 5.74) is 1.75. The second-order valence-corrected chi connectivity index (χ2v) is 4.27. The molecule has 0 aromatic heterocycles. The minimum atomic E-state index is -0.146. The number of anilines is 1. The first-order chi connectivity index (χ1) is 9.31. The molecule has 1 N–H and O–H groups in total. The lowest BCUT2D eigenvalue weighted by Crippen LogP contribution is -2.25. The van der Waals surface area contributed by atoms with Crippen molar-refractivity contribution in [1.82, 2.24) is 0 Å². The van der Waals surface area contributed by atoms with Crippen LogP contribution in [0.15, 0.2) is 48.5 Å². The Hall–Kier alpha value is -2.49. The average molecular weight is 255 g/mol. The first-order valence-electron chi connectivity index (χ1n) is 6.05. The Morgan fingerprint density at radius 1 is 1.16 bits per heavy atom. The topological polar surface area (TPSA) is 47.6 Å². The predicted molar refractivity (Wildman–Crippen MR) is 71.3 cm³/mol. The van der Waals surface area contributed by atoms with E-state index in [2.05, 4.69) is 5.32 Å². The van der Waals surface area contributed by atoms with Crippen LogP contribution >= 0.6 is 0 Å². The quantitative estimate of drug-likeness (QED) is 0.917. The highest BCUT2D eigenvalue weighted by atomic mass is 16.5. The maximum absolute atomic E-state index is 11.2. The first kappa shape index (κ1) is 11.6. The van der Waals surface area contributed by atoms with E-state index in [1.807, 2.05) is 36.4 Å². The number of carbonyl (C=O) groups is 1. The summed E-state index contributed by atoms with van der Waals surface area (Å²) in [5, 5.41) is 2.75. The fourth-order valence-electron chi connectivity index (χ4n) is 1.89. The van der Waals surface area contributed by atoms with Crippen LogP contribution < -0.4 is 14.8 Å².